The number of aliphatic hydroxyl groups excluding tert-OH is 1. The molecule has 1 atom stereocenters. The van der Waals surface area contributed by atoms with Gasteiger partial charge in [-0.25, -0.2) is 0 Å². The van der Waals surface area contributed by atoms with Gasteiger partial charge in [0, 0.05) is 11.1 Å². The molecule has 1 saturated carbocycles. The Balaban J connectivity index is 2.12. The van der Waals surface area contributed by atoms with Crippen LogP contribution in [-0.2, 0) is 6.42 Å². The molecule has 1 N–H and O–H groups in total. The van der Waals surface area contributed by atoms with Crippen molar-refractivity contribution in [2.24, 2.45) is 11.3 Å². The minimum atomic E-state index is 0.0841. The Kier molecular flexibility index (Phi) is 3.17. The molecule has 0 spiro atoms. The zero-order chi connectivity index (χ0) is 10.9. The van der Waals surface area contributed by atoms with Crippen molar-refractivity contribution >= 4 is 15.9 Å². The van der Waals surface area contributed by atoms with Gasteiger partial charge in [0.15, 0.2) is 0 Å². The Morgan fingerprint density at radius 1 is 1.47 bits per heavy atom. The van der Waals surface area contributed by atoms with Crippen LogP contribution in [0.3, 0.4) is 0 Å². The van der Waals surface area contributed by atoms with Crippen molar-refractivity contribution in [3.63, 3.8) is 0 Å². The summed E-state index contributed by atoms with van der Waals surface area (Å²) >= 11 is 3.48. The first-order chi connectivity index (χ1) is 7.14. The SMILES string of the molecule is CC(CO)(Cc1cccc(Br)c1)C1CC1. The van der Waals surface area contributed by atoms with Crippen LogP contribution in [0.1, 0.15) is 25.3 Å². The van der Waals surface area contributed by atoms with E-state index in [9.17, 15) is 5.11 Å². The van der Waals surface area contributed by atoms with Crippen LogP contribution >= 0.6 is 15.9 Å². The van der Waals surface area contributed by atoms with Crippen LogP contribution in [0.2, 0.25) is 0 Å². The normalized spacial score (nSPS) is 19.9. The average molecular weight is 269 g/mol. The lowest BCUT2D eigenvalue weighted by molar-refractivity contribution is 0.119. The Morgan fingerprint density at radius 2 is 2.20 bits per heavy atom. The summed E-state index contributed by atoms with van der Waals surface area (Å²) in [5.74, 6) is 0.724. The molecule has 1 fully saturated rings. The fourth-order valence-electron chi connectivity index (χ4n) is 2.22. The predicted octanol–water partition coefficient (Wildman–Crippen LogP) is 3.40. The summed E-state index contributed by atoms with van der Waals surface area (Å²) in [7, 11) is 0. The van der Waals surface area contributed by atoms with E-state index >= 15 is 0 Å². The fourth-order valence-corrected chi connectivity index (χ4v) is 2.67. The van der Waals surface area contributed by atoms with Gasteiger partial charge in [0.2, 0.25) is 0 Å². The summed E-state index contributed by atoms with van der Waals surface area (Å²) < 4.78 is 1.12. The Morgan fingerprint density at radius 3 is 2.73 bits per heavy atom. The molecule has 1 nitrogen and oxygen atoms in total. The summed E-state index contributed by atoms with van der Waals surface area (Å²) in [4.78, 5) is 0. The highest BCUT2D eigenvalue weighted by atomic mass is 79.9. The zero-order valence-electron chi connectivity index (χ0n) is 9.04. The van der Waals surface area contributed by atoms with E-state index in [0.717, 1.165) is 16.8 Å². The van der Waals surface area contributed by atoms with E-state index in [1.807, 2.05) is 6.07 Å². The largest absolute Gasteiger partial charge is 0.396 e. The molecule has 82 valence electrons. The van der Waals surface area contributed by atoms with Crippen molar-refractivity contribution in [2.45, 2.75) is 26.2 Å². The van der Waals surface area contributed by atoms with Crippen LogP contribution in [-0.4, -0.2) is 11.7 Å². The van der Waals surface area contributed by atoms with Crippen LogP contribution in [0, 0.1) is 11.3 Å². The van der Waals surface area contributed by atoms with Crippen molar-refractivity contribution in [3.8, 4) is 0 Å². The topological polar surface area (TPSA) is 20.2 Å². The van der Waals surface area contributed by atoms with Crippen LogP contribution in [0.4, 0.5) is 0 Å². The maximum Gasteiger partial charge on any atom is 0.0490 e. The quantitative estimate of drug-likeness (QED) is 0.888. The highest BCUT2D eigenvalue weighted by Gasteiger charge is 2.40. The highest BCUT2D eigenvalue weighted by Crippen LogP contribution is 2.47. The van der Waals surface area contributed by atoms with Gasteiger partial charge in [0.05, 0.1) is 0 Å². The molecule has 0 aliphatic heterocycles. The van der Waals surface area contributed by atoms with Gasteiger partial charge in [0.1, 0.15) is 0 Å². The third-order valence-corrected chi connectivity index (χ3v) is 3.91. The standard InChI is InChI=1S/C13H17BrO/c1-13(9-15,11-5-6-11)8-10-3-2-4-12(14)7-10/h2-4,7,11,15H,5-6,8-9H2,1H3. The van der Waals surface area contributed by atoms with Gasteiger partial charge in [0.25, 0.3) is 0 Å². The first-order valence-electron chi connectivity index (χ1n) is 5.49. The summed E-state index contributed by atoms with van der Waals surface area (Å²) in [5, 5.41) is 9.51. The number of rotatable bonds is 4. The van der Waals surface area contributed by atoms with Crippen LogP contribution < -0.4 is 0 Å². The van der Waals surface area contributed by atoms with E-state index in [1.54, 1.807) is 0 Å². The predicted molar refractivity (Wildman–Crippen MR) is 65.8 cm³/mol. The van der Waals surface area contributed by atoms with Crippen molar-refractivity contribution in [3.05, 3.63) is 34.3 Å². The minimum Gasteiger partial charge on any atom is -0.396 e. The molecule has 15 heavy (non-hydrogen) atoms. The highest BCUT2D eigenvalue weighted by molar-refractivity contribution is 9.10. The van der Waals surface area contributed by atoms with Crippen molar-refractivity contribution < 1.29 is 5.11 Å². The third kappa shape index (κ3) is 2.61. The average Bonchev–Trinajstić information content (AvgIpc) is 3.01. The molecular weight excluding hydrogens is 252 g/mol. The van der Waals surface area contributed by atoms with Gasteiger partial charge in [-0.2, -0.15) is 0 Å². The van der Waals surface area contributed by atoms with Gasteiger partial charge in [-0.15, -0.1) is 0 Å². The van der Waals surface area contributed by atoms with Crippen molar-refractivity contribution in [2.75, 3.05) is 6.61 Å². The van der Waals surface area contributed by atoms with Gasteiger partial charge in [-0.3, -0.25) is 0 Å². The van der Waals surface area contributed by atoms with Gasteiger partial charge in [-0.05, 0) is 48.3 Å². The van der Waals surface area contributed by atoms with E-state index in [2.05, 4.69) is 41.1 Å². The molecule has 0 radical (unpaired) electrons. The number of benzene rings is 1. The summed E-state index contributed by atoms with van der Waals surface area (Å²) in [6.45, 7) is 2.50. The van der Waals surface area contributed by atoms with Gasteiger partial charge in [-0.1, -0.05) is 35.0 Å². The molecule has 0 aromatic heterocycles. The van der Waals surface area contributed by atoms with Crippen molar-refractivity contribution in [1.82, 2.24) is 0 Å². The summed E-state index contributed by atoms with van der Waals surface area (Å²) in [6, 6.07) is 8.39. The fraction of sp³-hybridized carbons (Fsp3) is 0.538. The van der Waals surface area contributed by atoms with Gasteiger partial charge < -0.3 is 5.11 Å². The summed E-state index contributed by atoms with van der Waals surface area (Å²) in [5.41, 5.74) is 1.40. The van der Waals surface area contributed by atoms with E-state index in [4.69, 9.17) is 0 Å². The smallest absolute Gasteiger partial charge is 0.0490 e. The molecule has 2 rings (SSSR count). The first kappa shape index (κ1) is 11.2. The molecule has 1 unspecified atom stereocenters. The Hall–Kier alpha value is -0.340. The van der Waals surface area contributed by atoms with Crippen LogP contribution in [0.15, 0.2) is 28.7 Å². The van der Waals surface area contributed by atoms with E-state index in [0.29, 0.717) is 6.61 Å². The Labute approximate surface area is 99.6 Å². The van der Waals surface area contributed by atoms with Crippen molar-refractivity contribution in [1.29, 1.82) is 0 Å². The third-order valence-electron chi connectivity index (χ3n) is 3.42. The minimum absolute atomic E-state index is 0.0841. The lowest BCUT2D eigenvalue weighted by atomic mass is 9.80. The van der Waals surface area contributed by atoms with E-state index in [1.165, 1.54) is 18.4 Å². The molecule has 0 amide bonds. The molecule has 1 aromatic rings. The molecule has 0 bridgehead atoms. The van der Waals surface area contributed by atoms with E-state index < -0.39 is 0 Å². The maximum atomic E-state index is 9.51. The zero-order valence-corrected chi connectivity index (χ0v) is 10.6. The molecular formula is C13H17BrO. The van der Waals surface area contributed by atoms with Crippen LogP contribution in [0.5, 0.6) is 0 Å². The monoisotopic (exact) mass is 268 g/mol. The second kappa shape index (κ2) is 4.26. The second-order valence-electron chi connectivity index (χ2n) is 4.89. The lowest BCUT2D eigenvalue weighted by Gasteiger charge is -2.27. The molecule has 2 heteroatoms. The second-order valence-corrected chi connectivity index (χ2v) is 5.81. The number of halogens is 1. The van der Waals surface area contributed by atoms with Crippen LogP contribution in [0.25, 0.3) is 0 Å². The van der Waals surface area contributed by atoms with Gasteiger partial charge >= 0.3 is 0 Å². The molecule has 1 aliphatic carbocycles. The number of hydrogen-bond donors (Lipinski definition) is 1. The Bertz CT molecular complexity index is 346. The summed E-state index contributed by atoms with van der Waals surface area (Å²) in [6.07, 6.45) is 3.55. The molecule has 0 heterocycles. The maximum absolute atomic E-state index is 9.51. The molecule has 1 aliphatic rings. The number of aliphatic hydroxyl groups is 1. The number of hydrogen-bond acceptors (Lipinski definition) is 1. The van der Waals surface area contributed by atoms with E-state index in [-0.39, 0.29) is 5.41 Å². The first-order valence-corrected chi connectivity index (χ1v) is 6.29. The molecule has 1 aromatic carbocycles. The lowest BCUT2D eigenvalue weighted by Crippen LogP contribution is -2.26. The molecule has 0 saturated heterocycles.